The van der Waals surface area contributed by atoms with Crippen molar-refractivity contribution in [2.24, 2.45) is 0 Å². The van der Waals surface area contributed by atoms with Crippen LogP contribution in [0.3, 0.4) is 0 Å². The molecule has 0 bridgehead atoms. The van der Waals surface area contributed by atoms with Crippen LogP contribution in [0, 0.1) is 6.92 Å². The maximum Gasteiger partial charge on any atom is 0.407 e. The lowest BCUT2D eigenvalue weighted by Crippen LogP contribution is -2.53. The summed E-state index contributed by atoms with van der Waals surface area (Å²) in [6, 6.07) is 12.5. The van der Waals surface area contributed by atoms with Crippen LogP contribution in [0.1, 0.15) is 61.4 Å². The van der Waals surface area contributed by atoms with Crippen LogP contribution in [0.15, 0.2) is 36.4 Å². The number of hydrogen-bond acceptors (Lipinski definition) is 7. The van der Waals surface area contributed by atoms with E-state index in [1.54, 1.807) is 7.11 Å². The number of amides is 1. The molecule has 3 atom stereocenters. The van der Waals surface area contributed by atoms with E-state index < -0.39 is 17.7 Å². The highest BCUT2D eigenvalue weighted by atomic mass is 16.6. The average Bonchev–Trinajstić information content (AvgIpc) is 2.85. The van der Waals surface area contributed by atoms with Gasteiger partial charge in [-0.1, -0.05) is 29.8 Å². The van der Waals surface area contributed by atoms with Crippen LogP contribution >= 0.6 is 0 Å². The van der Waals surface area contributed by atoms with Gasteiger partial charge < -0.3 is 24.3 Å². The summed E-state index contributed by atoms with van der Waals surface area (Å²) in [7, 11) is 2.92. The van der Waals surface area contributed by atoms with Crippen LogP contribution in [0.5, 0.6) is 11.5 Å². The minimum absolute atomic E-state index is 0.105. The first-order chi connectivity index (χ1) is 17.6. The predicted octanol–water partition coefficient (Wildman–Crippen LogP) is 4.54. The SMILES string of the molecule is COC(=O)COc1cc2c(cc1OC)[C@H]1C[C@@H](NC(=O)OC(C)(C)C)[C@H](c3cccc(C)c3)CN1CC2. The first-order valence-electron chi connectivity index (χ1n) is 12.8. The van der Waals surface area contributed by atoms with Gasteiger partial charge in [-0.15, -0.1) is 0 Å². The summed E-state index contributed by atoms with van der Waals surface area (Å²) < 4.78 is 21.6. The fourth-order valence-electron chi connectivity index (χ4n) is 5.37. The maximum atomic E-state index is 12.9. The van der Waals surface area contributed by atoms with Crippen LogP contribution in [0.2, 0.25) is 0 Å². The Bertz CT molecular complexity index is 1140. The summed E-state index contributed by atoms with van der Waals surface area (Å²) in [5.41, 5.74) is 4.16. The van der Waals surface area contributed by atoms with Crippen molar-refractivity contribution in [2.45, 2.75) is 64.1 Å². The number of alkyl carbamates (subject to hydrolysis) is 1. The van der Waals surface area contributed by atoms with E-state index in [0.29, 0.717) is 11.5 Å². The molecule has 200 valence electrons. The molecule has 0 spiro atoms. The number of hydrogen-bond donors (Lipinski definition) is 1. The van der Waals surface area contributed by atoms with E-state index in [9.17, 15) is 9.59 Å². The number of piperidine rings is 1. The molecular formula is C29H38N2O6. The molecule has 1 fully saturated rings. The van der Waals surface area contributed by atoms with E-state index in [4.69, 9.17) is 18.9 Å². The van der Waals surface area contributed by atoms with Gasteiger partial charge in [-0.25, -0.2) is 9.59 Å². The second-order valence-corrected chi connectivity index (χ2v) is 10.8. The van der Waals surface area contributed by atoms with Gasteiger partial charge in [0.1, 0.15) is 5.60 Å². The number of carbonyl (C=O) groups is 2. The summed E-state index contributed by atoms with van der Waals surface area (Å²) in [5, 5.41) is 3.19. The first kappa shape index (κ1) is 26.8. The molecule has 0 saturated carbocycles. The van der Waals surface area contributed by atoms with Crippen LogP contribution in [0.25, 0.3) is 0 Å². The molecule has 0 radical (unpaired) electrons. The van der Waals surface area contributed by atoms with Crippen molar-refractivity contribution in [1.29, 1.82) is 0 Å². The molecular weight excluding hydrogens is 472 g/mol. The molecule has 0 aromatic heterocycles. The van der Waals surface area contributed by atoms with Crippen molar-refractivity contribution >= 4 is 12.1 Å². The van der Waals surface area contributed by atoms with E-state index >= 15 is 0 Å². The lowest BCUT2D eigenvalue weighted by Gasteiger charge is -2.47. The Morgan fingerprint density at radius 3 is 2.57 bits per heavy atom. The van der Waals surface area contributed by atoms with E-state index in [1.165, 1.54) is 18.2 Å². The first-order valence-corrected chi connectivity index (χ1v) is 12.8. The van der Waals surface area contributed by atoms with E-state index in [-0.39, 0.29) is 24.6 Å². The van der Waals surface area contributed by atoms with Crippen molar-refractivity contribution < 1.29 is 28.5 Å². The third-order valence-corrected chi connectivity index (χ3v) is 7.03. The Labute approximate surface area is 219 Å². The van der Waals surface area contributed by atoms with Crippen molar-refractivity contribution in [3.05, 3.63) is 58.7 Å². The number of carbonyl (C=O) groups excluding carboxylic acids is 2. The van der Waals surface area contributed by atoms with Gasteiger partial charge in [-0.2, -0.15) is 0 Å². The number of benzene rings is 2. The van der Waals surface area contributed by atoms with Gasteiger partial charge in [0.15, 0.2) is 18.1 Å². The van der Waals surface area contributed by atoms with E-state index in [0.717, 1.165) is 37.1 Å². The molecule has 37 heavy (non-hydrogen) atoms. The third-order valence-electron chi connectivity index (χ3n) is 7.03. The molecule has 2 heterocycles. The summed E-state index contributed by atoms with van der Waals surface area (Å²) in [6.45, 7) is 9.24. The van der Waals surface area contributed by atoms with Gasteiger partial charge in [0, 0.05) is 31.1 Å². The summed E-state index contributed by atoms with van der Waals surface area (Å²) >= 11 is 0. The number of fused-ring (bicyclic) bond motifs is 3. The number of ether oxygens (including phenoxy) is 4. The fraction of sp³-hybridized carbons (Fsp3) is 0.517. The Kier molecular flexibility index (Phi) is 7.97. The second-order valence-electron chi connectivity index (χ2n) is 10.8. The minimum Gasteiger partial charge on any atom is -0.493 e. The monoisotopic (exact) mass is 510 g/mol. The number of nitrogens with one attached hydrogen (secondary N) is 1. The second kappa shape index (κ2) is 11.0. The van der Waals surface area contributed by atoms with E-state index in [1.807, 2.05) is 32.9 Å². The molecule has 1 amide bonds. The van der Waals surface area contributed by atoms with Crippen LogP contribution in [0.4, 0.5) is 4.79 Å². The molecule has 2 aliphatic rings. The molecule has 2 aromatic carbocycles. The zero-order valence-corrected chi connectivity index (χ0v) is 22.6. The third kappa shape index (κ3) is 6.36. The van der Waals surface area contributed by atoms with Crippen LogP contribution in [-0.4, -0.2) is 62.5 Å². The molecule has 4 rings (SSSR count). The predicted molar refractivity (Wildman–Crippen MR) is 140 cm³/mol. The lowest BCUT2D eigenvalue weighted by molar-refractivity contribution is -0.142. The van der Waals surface area contributed by atoms with E-state index in [2.05, 4.69) is 41.4 Å². The Morgan fingerprint density at radius 1 is 1.11 bits per heavy atom. The largest absolute Gasteiger partial charge is 0.493 e. The van der Waals surface area contributed by atoms with Gasteiger partial charge >= 0.3 is 12.1 Å². The molecule has 0 unspecified atom stereocenters. The normalized spacial score (nSPS) is 21.3. The van der Waals surface area contributed by atoms with Gasteiger partial charge in [-0.3, -0.25) is 4.90 Å². The Balaban J connectivity index is 1.64. The Hall–Kier alpha value is -3.26. The molecule has 1 N–H and O–H groups in total. The van der Waals surface area contributed by atoms with Crippen molar-refractivity contribution in [1.82, 2.24) is 10.2 Å². The zero-order chi connectivity index (χ0) is 26.7. The molecule has 2 aromatic rings. The number of aryl methyl sites for hydroxylation is 1. The number of methoxy groups -OCH3 is 2. The number of esters is 1. The molecule has 8 nitrogen and oxygen atoms in total. The van der Waals surface area contributed by atoms with Crippen LogP contribution in [-0.2, 0) is 20.7 Å². The molecule has 2 aliphatic heterocycles. The zero-order valence-electron chi connectivity index (χ0n) is 22.6. The Morgan fingerprint density at radius 2 is 1.89 bits per heavy atom. The lowest BCUT2D eigenvalue weighted by atomic mass is 9.77. The summed E-state index contributed by atoms with van der Waals surface area (Å²) in [5.74, 6) is 0.783. The highest BCUT2D eigenvalue weighted by Crippen LogP contribution is 2.45. The minimum atomic E-state index is -0.574. The standard InChI is InChI=1S/C29H38N2O6/c1-18-8-7-9-19(12-18)22-16-31-11-10-20-13-26(36-17-27(32)35-6)25(34-5)14-21(20)24(31)15-23(22)30-28(33)37-29(2,3)4/h7-9,12-14,22-24H,10-11,15-17H2,1-6H3,(H,30,33)/t22-,23+,24+/m0/s1. The van der Waals surface area contributed by atoms with Crippen molar-refractivity contribution in [3.63, 3.8) is 0 Å². The smallest absolute Gasteiger partial charge is 0.407 e. The van der Waals surface area contributed by atoms with Crippen LogP contribution < -0.4 is 14.8 Å². The summed E-state index contributed by atoms with van der Waals surface area (Å²) in [4.78, 5) is 27.0. The summed E-state index contributed by atoms with van der Waals surface area (Å²) in [6.07, 6.45) is 1.19. The highest BCUT2D eigenvalue weighted by molar-refractivity contribution is 5.71. The highest BCUT2D eigenvalue weighted by Gasteiger charge is 2.41. The van der Waals surface area contributed by atoms with Gasteiger partial charge in [0.2, 0.25) is 0 Å². The molecule has 8 heteroatoms. The maximum absolute atomic E-state index is 12.9. The van der Waals surface area contributed by atoms with Gasteiger partial charge in [0.05, 0.1) is 14.2 Å². The molecule has 0 aliphatic carbocycles. The number of rotatable bonds is 6. The quantitative estimate of drug-likeness (QED) is 0.571. The topological polar surface area (TPSA) is 86.3 Å². The fourth-order valence-corrected chi connectivity index (χ4v) is 5.37. The molecule has 1 saturated heterocycles. The van der Waals surface area contributed by atoms with Crippen molar-refractivity contribution in [2.75, 3.05) is 33.9 Å². The average molecular weight is 511 g/mol. The number of nitrogens with zero attached hydrogens (tertiary/aromatic N) is 1. The van der Waals surface area contributed by atoms with Gasteiger partial charge in [0.25, 0.3) is 0 Å². The van der Waals surface area contributed by atoms with Crippen molar-refractivity contribution in [3.8, 4) is 11.5 Å². The van der Waals surface area contributed by atoms with Gasteiger partial charge in [-0.05, 0) is 69.4 Å².